The van der Waals surface area contributed by atoms with E-state index in [2.05, 4.69) is 31.0 Å². The summed E-state index contributed by atoms with van der Waals surface area (Å²) in [7, 11) is 0. The van der Waals surface area contributed by atoms with Crippen LogP contribution in [0.2, 0.25) is 0 Å². The van der Waals surface area contributed by atoms with Crippen LogP contribution >= 0.6 is 0 Å². The molecule has 2 unspecified atom stereocenters. The van der Waals surface area contributed by atoms with Crippen LogP contribution in [0.15, 0.2) is 0 Å². The van der Waals surface area contributed by atoms with Crippen molar-refractivity contribution in [1.82, 2.24) is 10.2 Å². The number of hydrogen-bond acceptors (Lipinski definition) is 4. The maximum absolute atomic E-state index is 9.66. The molecule has 1 fully saturated rings. The van der Waals surface area contributed by atoms with E-state index < -0.39 is 0 Å². The molecule has 4 nitrogen and oxygen atoms in total. The third-order valence-corrected chi connectivity index (χ3v) is 4.53. The highest BCUT2D eigenvalue weighted by Crippen LogP contribution is 2.19. The lowest BCUT2D eigenvalue weighted by molar-refractivity contribution is 0.00469. The maximum Gasteiger partial charge on any atom is 0.0702 e. The summed E-state index contributed by atoms with van der Waals surface area (Å²) in [5.74, 6) is 0. The Kier molecular flexibility index (Phi) is 8.69. The lowest BCUT2D eigenvalue weighted by Crippen LogP contribution is -2.48. The minimum atomic E-state index is -0.0795. The number of rotatable bonds is 10. The number of aliphatic hydroxyl groups excluding tert-OH is 1. The second-order valence-electron chi connectivity index (χ2n) is 5.95. The van der Waals surface area contributed by atoms with Crippen molar-refractivity contribution < 1.29 is 9.84 Å². The van der Waals surface area contributed by atoms with Gasteiger partial charge in [0, 0.05) is 18.7 Å². The molecule has 1 aliphatic heterocycles. The topological polar surface area (TPSA) is 44.7 Å². The summed E-state index contributed by atoms with van der Waals surface area (Å²) < 4.78 is 5.75. The number of likely N-dealkylation sites (N-methyl/N-ethyl adjacent to an activating group) is 1. The van der Waals surface area contributed by atoms with Gasteiger partial charge in [0.15, 0.2) is 0 Å². The third-order valence-electron chi connectivity index (χ3n) is 4.53. The van der Waals surface area contributed by atoms with E-state index in [1.165, 1.54) is 19.4 Å². The van der Waals surface area contributed by atoms with Crippen LogP contribution in [0.4, 0.5) is 0 Å². The van der Waals surface area contributed by atoms with Gasteiger partial charge in [-0.15, -0.1) is 0 Å². The molecule has 0 saturated carbocycles. The van der Waals surface area contributed by atoms with Crippen LogP contribution in [0.3, 0.4) is 0 Å². The van der Waals surface area contributed by atoms with Gasteiger partial charge in [0.1, 0.15) is 0 Å². The molecule has 0 radical (unpaired) electrons. The number of ether oxygens (including phenoxy) is 1. The first-order valence-electron chi connectivity index (χ1n) is 8.39. The van der Waals surface area contributed by atoms with Crippen LogP contribution in [0.25, 0.3) is 0 Å². The van der Waals surface area contributed by atoms with E-state index in [1.807, 2.05) is 0 Å². The van der Waals surface area contributed by atoms with Crippen LogP contribution < -0.4 is 5.32 Å². The van der Waals surface area contributed by atoms with Crippen molar-refractivity contribution in [2.24, 2.45) is 0 Å². The van der Waals surface area contributed by atoms with Crippen LogP contribution in [0, 0.1) is 0 Å². The Morgan fingerprint density at radius 2 is 2.15 bits per heavy atom. The highest BCUT2D eigenvalue weighted by molar-refractivity contribution is 4.86. The van der Waals surface area contributed by atoms with Crippen molar-refractivity contribution in [2.45, 2.75) is 64.5 Å². The molecular formula is C16H34N2O2. The molecule has 20 heavy (non-hydrogen) atoms. The Balaban J connectivity index is 2.31. The van der Waals surface area contributed by atoms with Crippen LogP contribution in [0.1, 0.15) is 52.9 Å². The summed E-state index contributed by atoms with van der Waals surface area (Å²) in [5.41, 5.74) is -0.0795. The van der Waals surface area contributed by atoms with Crippen molar-refractivity contribution in [3.8, 4) is 0 Å². The number of hydrogen-bond donors (Lipinski definition) is 2. The normalized spacial score (nSPS) is 23.7. The predicted molar refractivity (Wildman–Crippen MR) is 84.1 cm³/mol. The quantitative estimate of drug-likeness (QED) is 0.645. The Hall–Kier alpha value is -0.160. The number of piperidine rings is 1. The second-order valence-corrected chi connectivity index (χ2v) is 5.95. The largest absolute Gasteiger partial charge is 0.394 e. The van der Waals surface area contributed by atoms with E-state index >= 15 is 0 Å². The van der Waals surface area contributed by atoms with E-state index in [4.69, 9.17) is 4.74 Å². The van der Waals surface area contributed by atoms with Gasteiger partial charge in [-0.05, 0) is 58.7 Å². The molecular weight excluding hydrogens is 252 g/mol. The van der Waals surface area contributed by atoms with Gasteiger partial charge in [0.25, 0.3) is 0 Å². The minimum Gasteiger partial charge on any atom is -0.394 e. The Morgan fingerprint density at radius 1 is 1.35 bits per heavy atom. The lowest BCUT2D eigenvalue weighted by Gasteiger charge is -2.35. The van der Waals surface area contributed by atoms with Crippen molar-refractivity contribution in [3.05, 3.63) is 0 Å². The van der Waals surface area contributed by atoms with Crippen LogP contribution in [0.5, 0.6) is 0 Å². The monoisotopic (exact) mass is 286 g/mol. The Morgan fingerprint density at radius 3 is 2.75 bits per heavy atom. The van der Waals surface area contributed by atoms with Crippen molar-refractivity contribution in [3.63, 3.8) is 0 Å². The Bertz CT molecular complexity index is 243. The second kappa shape index (κ2) is 9.72. The Labute approximate surface area is 124 Å². The molecule has 0 aromatic rings. The van der Waals surface area contributed by atoms with Gasteiger partial charge in [-0.3, -0.25) is 0 Å². The summed E-state index contributed by atoms with van der Waals surface area (Å²) in [5, 5.41) is 13.1. The van der Waals surface area contributed by atoms with E-state index in [0.29, 0.717) is 6.10 Å². The van der Waals surface area contributed by atoms with Gasteiger partial charge in [-0.25, -0.2) is 0 Å². The average molecular weight is 286 g/mol. The molecule has 0 bridgehead atoms. The summed E-state index contributed by atoms with van der Waals surface area (Å²) in [6.07, 6.45) is 6.05. The molecule has 0 spiro atoms. The zero-order valence-electron chi connectivity index (χ0n) is 13.7. The molecule has 2 N–H and O–H groups in total. The van der Waals surface area contributed by atoms with Gasteiger partial charge in [-0.2, -0.15) is 0 Å². The van der Waals surface area contributed by atoms with Crippen molar-refractivity contribution >= 4 is 0 Å². The molecule has 0 aromatic carbocycles. The minimum absolute atomic E-state index is 0.0795. The van der Waals surface area contributed by atoms with Crippen LogP contribution in [-0.2, 0) is 4.74 Å². The molecule has 4 heteroatoms. The summed E-state index contributed by atoms with van der Waals surface area (Å²) >= 11 is 0. The molecule has 1 rings (SSSR count). The fraction of sp³-hybridized carbons (Fsp3) is 1.00. The first-order valence-corrected chi connectivity index (χ1v) is 8.39. The molecule has 0 aliphatic carbocycles. The summed E-state index contributed by atoms with van der Waals surface area (Å²) in [6, 6.07) is 0. The van der Waals surface area contributed by atoms with E-state index in [1.54, 1.807) is 0 Å². The summed E-state index contributed by atoms with van der Waals surface area (Å²) in [6.45, 7) is 11.7. The molecule has 0 amide bonds. The number of nitrogens with one attached hydrogen (secondary N) is 1. The number of aliphatic hydroxyl groups is 1. The molecule has 1 aliphatic rings. The van der Waals surface area contributed by atoms with E-state index in [-0.39, 0.29) is 12.1 Å². The predicted octanol–water partition coefficient (Wildman–Crippen LogP) is 2.02. The molecule has 1 heterocycles. The van der Waals surface area contributed by atoms with Crippen molar-refractivity contribution in [1.29, 1.82) is 0 Å². The zero-order chi connectivity index (χ0) is 14.8. The van der Waals surface area contributed by atoms with Gasteiger partial charge >= 0.3 is 0 Å². The molecule has 120 valence electrons. The number of likely N-dealkylation sites (tertiary alicyclic amines) is 1. The SMILES string of the molecule is CCNC(CC)(CO)CCCN1CCCC(OCC)C1. The standard InChI is InChI=1S/C16H34N2O2/c1-4-16(14-19,17-5-2)10-8-12-18-11-7-9-15(13-18)20-6-3/h15,17,19H,4-14H2,1-3H3. The van der Waals surface area contributed by atoms with Gasteiger partial charge in [0.05, 0.1) is 12.7 Å². The fourth-order valence-corrected chi connectivity index (χ4v) is 3.24. The van der Waals surface area contributed by atoms with Gasteiger partial charge < -0.3 is 20.1 Å². The maximum atomic E-state index is 9.66. The van der Waals surface area contributed by atoms with E-state index in [0.717, 1.165) is 45.5 Å². The zero-order valence-corrected chi connectivity index (χ0v) is 13.7. The smallest absolute Gasteiger partial charge is 0.0702 e. The van der Waals surface area contributed by atoms with Gasteiger partial charge in [-0.1, -0.05) is 13.8 Å². The lowest BCUT2D eigenvalue weighted by atomic mass is 9.91. The number of nitrogens with zero attached hydrogens (tertiary/aromatic N) is 1. The van der Waals surface area contributed by atoms with Gasteiger partial charge in [0.2, 0.25) is 0 Å². The highest BCUT2D eigenvalue weighted by Gasteiger charge is 2.26. The van der Waals surface area contributed by atoms with E-state index in [9.17, 15) is 5.11 Å². The first kappa shape index (κ1) is 17.9. The summed E-state index contributed by atoms with van der Waals surface area (Å²) in [4.78, 5) is 2.52. The fourth-order valence-electron chi connectivity index (χ4n) is 3.24. The molecule has 1 saturated heterocycles. The third kappa shape index (κ3) is 5.68. The van der Waals surface area contributed by atoms with Crippen molar-refractivity contribution in [2.75, 3.05) is 39.4 Å². The molecule has 2 atom stereocenters. The molecule has 0 aromatic heterocycles. The van der Waals surface area contributed by atoms with Crippen LogP contribution in [-0.4, -0.2) is 61.0 Å². The highest BCUT2D eigenvalue weighted by atomic mass is 16.5. The first-order chi connectivity index (χ1) is 9.69. The average Bonchev–Trinajstić information content (AvgIpc) is 2.47.